The lowest BCUT2D eigenvalue weighted by Gasteiger charge is -2.64. The zero-order valence-electron chi connectivity index (χ0n) is 14.5. The van der Waals surface area contributed by atoms with Crippen molar-refractivity contribution in [2.75, 3.05) is 6.61 Å². The Labute approximate surface area is 143 Å². The van der Waals surface area contributed by atoms with Gasteiger partial charge in [0.05, 0.1) is 17.6 Å². The highest BCUT2D eigenvalue weighted by atomic mass is 16.3. The number of hydrogen-bond donors (Lipinski definition) is 3. The van der Waals surface area contributed by atoms with Crippen molar-refractivity contribution in [3.05, 3.63) is 24.3 Å². The summed E-state index contributed by atoms with van der Waals surface area (Å²) in [5.41, 5.74) is -1.17. The molecule has 4 nitrogen and oxygen atoms in total. The van der Waals surface area contributed by atoms with E-state index in [0.29, 0.717) is 12.0 Å². The highest BCUT2D eigenvalue weighted by molar-refractivity contribution is 6.05. The van der Waals surface area contributed by atoms with E-state index in [9.17, 15) is 20.1 Å². The fourth-order valence-electron chi connectivity index (χ4n) is 6.86. The van der Waals surface area contributed by atoms with E-state index in [4.69, 9.17) is 0 Å². The number of Topliss-reactive ketones (excluding diaryl/α,β-unsaturated/α-hetero) is 1. The Kier molecular flexibility index (Phi) is 3.30. The molecule has 0 aromatic heterocycles. The number of carbonyl (C=O) groups is 1. The molecule has 0 heterocycles. The van der Waals surface area contributed by atoms with E-state index in [1.807, 2.05) is 6.08 Å². The molecule has 0 aliphatic heterocycles. The van der Waals surface area contributed by atoms with Crippen LogP contribution in [0.15, 0.2) is 24.3 Å². The number of aliphatic hydroxyl groups is 3. The van der Waals surface area contributed by atoms with Crippen LogP contribution in [0.1, 0.15) is 39.5 Å². The first kappa shape index (κ1) is 16.5. The predicted octanol–water partition coefficient (Wildman–Crippen LogP) is 1.84. The molecule has 0 unspecified atom stereocenters. The molecular weight excluding hydrogens is 304 g/mol. The summed E-state index contributed by atoms with van der Waals surface area (Å²) in [6.07, 6.45) is 5.55. The number of allylic oxidation sites excluding steroid dienone is 1. The molecule has 0 aromatic rings. The van der Waals surface area contributed by atoms with Crippen molar-refractivity contribution in [1.29, 1.82) is 0 Å². The molecular formula is C20H28O4. The fraction of sp³-hybridized carbons (Fsp3) is 0.750. The highest BCUT2D eigenvalue weighted by Crippen LogP contribution is 2.69. The van der Waals surface area contributed by atoms with Gasteiger partial charge in [0.25, 0.3) is 0 Å². The Bertz CT molecular complexity index is 640. The van der Waals surface area contributed by atoms with Gasteiger partial charge in [0.2, 0.25) is 0 Å². The summed E-state index contributed by atoms with van der Waals surface area (Å²) in [6.45, 7) is 8.29. The van der Waals surface area contributed by atoms with Gasteiger partial charge in [-0.15, -0.1) is 0 Å². The quantitative estimate of drug-likeness (QED) is 0.506. The molecule has 0 amide bonds. The van der Waals surface area contributed by atoms with E-state index in [2.05, 4.69) is 26.5 Å². The van der Waals surface area contributed by atoms with Gasteiger partial charge < -0.3 is 15.3 Å². The van der Waals surface area contributed by atoms with E-state index in [1.165, 1.54) is 0 Å². The first-order chi connectivity index (χ1) is 11.2. The molecule has 1 spiro atoms. The Morgan fingerprint density at radius 1 is 1.25 bits per heavy atom. The maximum atomic E-state index is 13.1. The van der Waals surface area contributed by atoms with Crippen molar-refractivity contribution in [2.24, 2.45) is 34.0 Å². The van der Waals surface area contributed by atoms with E-state index in [1.54, 1.807) is 0 Å². The second-order valence-electron chi connectivity index (χ2n) is 9.10. The Balaban J connectivity index is 1.90. The van der Waals surface area contributed by atoms with Crippen molar-refractivity contribution in [3.63, 3.8) is 0 Å². The molecule has 0 aromatic carbocycles. The molecule has 2 bridgehead atoms. The number of rotatable bonds is 1. The van der Waals surface area contributed by atoms with Crippen LogP contribution in [-0.2, 0) is 4.79 Å². The summed E-state index contributed by atoms with van der Waals surface area (Å²) in [5, 5.41) is 32.1. The molecule has 0 radical (unpaired) electrons. The maximum absolute atomic E-state index is 13.1. The van der Waals surface area contributed by atoms with Crippen LogP contribution in [0.25, 0.3) is 0 Å². The van der Waals surface area contributed by atoms with Crippen LogP contribution in [0.5, 0.6) is 0 Å². The van der Waals surface area contributed by atoms with Gasteiger partial charge in [-0.3, -0.25) is 4.79 Å². The number of carbonyl (C=O) groups excluding carboxylic acids is 1. The average molecular weight is 332 g/mol. The smallest absolute Gasteiger partial charge is 0.170 e. The predicted molar refractivity (Wildman–Crippen MR) is 90.0 cm³/mol. The monoisotopic (exact) mass is 332 g/mol. The minimum absolute atomic E-state index is 0.0925. The van der Waals surface area contributed by atoms with Gasteiger partial charge in [0.1, 0.15) is 0 Å². The number of ketones is 1. The van der Waals surface area contributed by atoms with Crippen LogP contribution >= 0.6 is 0 Å². The van der Waals surface area contributed by atoms with Crippen LogP contribution in [0.3, 0.4) is 0 Å². The first-order valence-electron chi connectivity index (χ1n) is 9.12. The third-order valence-electron chi connectivity index (χ3n) is 8.13. The van der Waals surface area contributed by atoms with Gasteiger partial charge >= 0.3 is 0 Å². The molecule has 3 fully saturated rings. The van der Waals surface area contributed by atoms with E-state index in [-0.39, 0.29) is 41.0 Å². The summed E-state index contributed by atoms with van der Waals surface area (Å²) < 4.78 is 0. The van der Waals surface area contributed by atoms with E-state index in [0.717, 1.165) is 19.3 Å². The molecule has 132 valence electrons. The Morgan fingerprint density at radius 2 is 1.96 bits per heavy atom. The van der Waals surface area contributed by atoms with Gasteiger partial charge in [-0.25, -0.2) is 0 Å². The van der Waals surface area contributed by atoms with Gasteiger partial charge in [-0.1, -0.05) is 39.0 Å². The molecule has 4 aliphatic carbocycles. The number of fused-ring (bicyclic) bond motifs is 3. The van der Waals surface area contributed by atoms with Crippen LogP contribution in [0.2, 0.25) is 0 Å². The SMILES string of the molecule is C=C1C(=O)[C@@]23[C@H](O)C[C@@H]4[C@@](C)(CO)CCC[C@@]4(C)[C@@H]2C=C[C@@H]1[C@H]3O. The summed E-state index contributed by atoms with van der Waals surface area (Å²) in [7, 11) is 0. The zero-order chi connectivity index (χ0) is 17.5. The van der Waals surface area contributed by atoms with Crippen molar-refractivity contribution in [2.45, 2.75) is 51.7 Å². The van der Waals surface area contributed by atoms with Gasteiger partial charge in [-0.2, -0.15) is 0 Å². The average Bonchev–Trinajstić information content (AvgIpc) is 2.66. The van der Waals surface area contributed by atoms with Crippen LogP contribution in [0, 0.1) is 34.0 Å². The van der Waals surface area contributed by atoms with Crippen molar-refractivity contribution < 1.29 is 20.1 Å². The molecule has 24 heavy (non-hydrogen) atoms. The Hall–Kier alpha value is -0.970. The summed E-state index contributed by atoms with van der Waals surface area (Å²) in [5.74, 6) is -0.595. The first-order valence-corrected chi connectivity index (χ1v) is 9.12. The lowest BCUT2D eigenvalue weighted by atomic mass is 9.40. The molecule has 4 rings (SSSR count). The lowest BCUT2D eigenvalue weighted by molar-refractivity contribution is -0.209. The fourth-order valence-corrected chi connectivity index (χ4v) is 6.86. The molecule has 3 N–H and O–H groups in total. The third kappa shape index (κ3) is 1.58. The number of aliphatic hydroxyl groups excluding tert-OH is 3. The lowest BCUT2D eigenvalue weighted by Crippen LogP contribution is -2.66. The summed E-state index contributed by atoms with van der Waals surface area (Å²) >= 11 is 0. The second-order valence-corrected chi connectivity index (χ2v) is 9.10. The van der Waals surface area contributed by atoms with Crippen LogP contribution < -0.4 is 0 Å². The minimum Gasteiger partial charge on any atom is -0.396 e. The highest BCUT2D eigenvalue weighted by Gasteiger charge is 2.72. The van der Waals surface area contributed by atoms with Gasteiger partial charge in [0, 0.05) is 18.4 Å². The largest absolute Gasteiger partial charge is 0.396 e. The van der Waals surface area contributed by atoms with E-state index >= 15 is 0 Å². The number of hydrogen-bond acceptors (Lipinski definition) is 4. The molecule has 4 aliphatic rings. The topological polar surface area (TPSA) is 77.8 Å². The zero-order valence-corrected chi connectivity index (χ0v) is 14.5. The van der Waals surface area contributed by atoms with Crippen LogP contribution in [0.4, 0.5) is 0 Å². The summed E-state index contributed by atoms with van der Waals surface area (Å²) in [6, 6.07) is 0. The molecule has 3 saturated carbocycles. The van der Waals surface area contributed by atoms with Gasteiger partial charge in [-0.05, 0) is 41.6 Å². The van der Waals surface area contributed by atoms with Crippen molar-refractivity contribution in [3.8, 4) is 0 Å². The molecule has 4 heteroatoms. The van der Waals surface area contributed by atoms with Crippen LogP contribution in [-0.4, -0.2) is 39.9 Å². The Morgan fingerprint density at radius 3 is 2.62 bits per heavy atom. The normalized spacial score (nSPS) is 56.1. The van der Waals surface area contributed by atoms with Crippen molar-refractivity contribution in [1.82, 2.24) is 0 Å². The summed E-state index contributed by atoms with van der Waals surface area (Å²) in [4.78, 5) is 13.1. The molecule has 8 atom stereocenters. The standard InChI is InChI=1S/C20H28O4/c1-11-12-5-6-13-19(3)8-4-7-18(2,10-21)14(19)9-15(22)20(13,16(11)23)17(12)24/h5-6,12-15,17,21-22,24H,1,4,7-10H2,2-3H3/t12-,13-,14+,15+,17+,18+,19-,20-/m0/s1. The van der Waals surface area contributed by atoms with Crippen molar-refractivity contribution >= 4 is 5.78 Å². The molecule has 0 saturated heterocycles. The van der Waals surface area contributed by atoms with E-state index < -0.39 is 17.6 Å². The third-order valence-corrected chi connectivity index (χ3v) is 8.13. The second kappa shape index (κ2) is 4.80. The maximum Gasteiger partial charge on any atom is 0.170 e. The minimum atomic E-state index is -1.14. The van der Waals surface area contributed by atoms with Gasteiger partial charge in [0.15, 0.2) is 5.78 Å².